The molecule has 66 valence electrons. The molecular formula is C9H19NS. The molecule has 0 radical (unpaired) electrons. The highest BCUT2D eigenvalue weighted by atomic mass is 32.1. The van der Waals surface area contributed by atoms with Gasteiger partial charge in [-0.25, -0.2) is 0 Å². The van der Waals surface area contributed by atoms with Gasteiger partial charge in [-0.05, 0) is 32.2 Å². The Bertz CT molecular complexity index is 116. The van der Waals surface area contributed by atoms with Gasteiger partial charge >= 0.3 is 0 Å². The first-order valence-electron chi connectivity index (χ1n) is 4.59. The Kier molecular flexibility index (Phi) is 3.73. The number of likely N-dealkylation sites (tertiary alicyclic amines) is 1. The molecule has 2 unspecified atom stereocenters. The largest absolute Gasteiger partial charge is 0.300 e. The topological polar surface area (TPSA) is 3.24 Å². The van der Waals surface area contributed by atoms with Crippen molar-refractivity contribution in [2.75, 3.05) is 18.8 Å². The maximum atomic E-state index is 4.25. The van der Waals surface area contributed by atoms with E-state index in [0.29, 0.717) is 0 Å². The van der Waals surface area contributed by atoms with Crippen LogP contribution in [-0.4, -0.2) is 29.8 Å². The summed E-state index contributed by atoms with van der Waals surface area (Å²) in [7, 11) is 0. The summed E-state index contributed by atoms with van der Waals surface area (Å²) in [6, 6.07) is 0.783. The molecule has 0 aromatic rings. The summed E-state index contributed by atoms with van der Waals surface area (Å²) < 4.78 is 0. The highest BCUT2D eigenvalue weighted by Crippen LogP contribution is 2.21. The van der Waals surface area contributed by atoms with E-state index >= 15 is 0 Å². The fraction of sp³-hybridized carbons (Fsp3) is 1.00. The standard InChI is InChI=1S/C9H19NS/c1-8-3-4-10(5-6-11)9(2)7-8/h8-9,11H,3-7H2,1-2H3. The lowest BCUT2D eigenvalue weighted by atomic mass is 9.93. The minimum atomic E-state index is 0.783. The summed E-state index contributed by atoms with van der Waals surface area (Å²) in [5.41, 5.74) is 0. The molecule has 1 aliphatic rings. The second-order valence-electron chi connectivity index (χ2n) is 3.74. The molecule has 0 bridgehead atoms. The molecule has 0 aromatic carbocycles. The fourth-order valence-electron chi connectivity index (χ4n) is 1.92. The molecule has 0 spiro atoms. The normalized spacial score (nSPS) is 34.1. The summed E-state index contributed by atoms with van der Waals surface area (Å²) in [4.78, 5) is 2.55. The lowest BCUT2D eigenvalue weighted by Gasteiger charge is -2.36. The predicted octanol–water partition coefficient (Wildman–Crippen LogP) is 2.04. The second kappa shape index (κ2) is 4.36. The van der Waals surface area contributed by atoms with Crippen molar-refractivity contribution in [2.45, 2.75) is 32.7 Å². The lowest BCUT2D eigenvalue weighted by molar-refractivity contribution is 0.138. The Morgan fingerprint density at radius 2 is 2.18 bits per heavy atom. The van der Waals surface area contributed by atoms with Crippen LogP contribution in [0.4, 0.5) is 0 Å². The smallest absolute Gasteiger partial charge is 0.00727 e. The van der Waals surface area contributed by atoms with Crippen LogP contribution in [0, 0.1) is 5.92 Å². The molecule has 11 heavy (non-hydrogen) atoms. The molecule has 2 heteroatoms. The fourth-order valence-corrected chi connectivity index (χ4v) is 2.17. The first-order valence-corrected chi connectivity index (χ1v) is 5.22. The van der Waals surface area contributed by atoms with Gasteiger partial charge in [0.1, 0.15) is 0 Å². The summed E-state index contributed by atoms with van der Waals surface area (Å²) in [5.74, 6) is 1.93. The molecule has 2 atom stereocenters. The Balaban J connectivity index is 2.31. The summed E-state index contributed by atoms with van der Waals surface area (Å²) >= 11 is 4.25. The van der Waals surface area contributed by atoms with Gasteiger partial charge in [0.25, 0.3) is 0 Å². The number of hydrogen-bond donors (Lipinski definition) is 1. The van der Waals surface area contributed by atoms with Crippen LogP contribution in [0.5, 0.6) is 0 Å². The van der Waals surface area contributed by atoms with Gasteiger partial charge in [0.05, 0.1) is 0 Å². The van der Waals surface area contributed by atoms with Crippen molar-refractivity contribution in [1.82, 2.24) is 4.90 Å². The van der Waals surface area contributed by atoms with Gasteiger partial charge in [-0.1, -0.05) is 6.92 Å². The van der Waals surface area contributed by atoms with Crippen LogP contribution in [0.25, 0.3) is 0 Å². The molecule has 1 aliphatic heterocycles. The van der Waals surface area contributed by atoms with Crippen molar-refractivity contribution < 1.29 is 0 Å². The maximum Gasteiger partial charge on any atom is 0.00727 e. The highest BCUT2D eigenvalue weighted by Gasteiger charge is 2.21. The molecular weight excluding hydrogens is 154 g/mol. The molecule has 0 amide bonds. The van der Waals surface area contributed by atoms with E-state index in [9.17, 15) is 0 Å². The Morgan fingerprint density at radius 3 is 2.73 bits per heavy atom. The number of piperidine rings is 1. The Labute approximate surface area is 75.6 Å². The number of nitrogens with zero attached hydrogens (tertiary/aromatic N) is 1. The van der Waals surface area contributed by atoms with Crippen molar-refractivity contribution in [2.24, 2.45) is 5.92 Å². The highest BCUT2D eigenvalue weighted by molar-refractivity contribution is 7.80. The Morgan fingerprint density at radius 1 is 1.45 bits per heavy atom. The zero-order valence-corrected chi connectivity index (χ0v) is 8.48. The Hall–Kier alpha value is 0.310. The van der Waals surface area contributed by atoms with Gasteiger partial charge in [0, 0.05) is 18.3 Å². The molecule has 1 heterocycles. The van der Waals surface area contributed by atoms with Crippen molar-refractivity contribution >= 4 is 12.6 Å². The van der Waals surface area contributed by atoms with Crippen LogP contribution >= 0.6 is 12.6 Å². The van der Waals surface area contributed by atoms with E-state index in [1.165, 1.54) is 19.4 Å². The zero-order valence-electron chi connectivity index (χ0n) is 7.58. The molecule has 0 aliphatic carbocycles. The van der Waals surface area contributed by atoms with Gasteiger partial charge in [0.15, 0.2) is 0 Å². The minimum Gasteiger partial charge on any atom is -0.300 e. The molecule has 1 rings (SSSR count). The van der Waals surface area contributed by atoms with Crippen molar-refractivity contribution in [3.05, 3.63) is 0 Å². The van der Waals surface area contributed by atoms with Gasteiger partial charge < -0.3 is 0 Å². The average molecular weight is 173 g/mol. The van der Waals surface area contributed by atoms with Crippen LogP contribution in [0.1, 0.15) is 26.7 Å². The zero-order chi connectivity index (χ0) is 8.27. The SMILES string of the molecule is CC1CCN(CCS)C(C)C1. The summed E-state index contributed by atoms with van der Waals surface area (Å²) in [5, 5.41) is 0. The predicted molar refractivity (Wildman–Crippen MR) is 53.3 cm³/mol. The quantitative estimate of drug-likeness (QED) is 0.625. The summed E-state index contributed by atoms with van der Waals surface area (Å²) in [6.45, 7) is 7.13. The third kappa shape index (κ3) is 2.68. The van der Waals surface area contributed by atoms with E-state index in [1.54, 1.807) is 0 Å². The lowest BCUT2D eigenvalue weighted by Crippen LogP contribution is -2.41. The van der Waals surface area contributed by atoms with Crippen LogP contribution < -0.4 is 0 Å². The first kappa shape index (κ1) is 9.40. The van der Waals surface area contributed by atoms with E-state index in [1.807, 2.05) is 0 Å². The third-order valence-corrected chi connectivity index (χ3v) is 2.86. The van der Waals surface area contributed by atoms with E-state index < -0.39 is 0 Å². The molecule has 1 nitrogen and oxygen atoms in total. The molecule has 0 N–H and O–H groups in total. The van der Waals surface area contributed by atoms with Gasteiger partial charge in [-0.15, -0.1) is 0 Å². The van der Waals surface area contributed by atoms with Crippen LogP contribution in [0.3, 0.4) is 0 Å². The number of hydrogen-bond acceptors (Lipinski definition) is 2. The van der Waals surface area contributed by atoms with E-state index in [-0.39, 0.29) is 0 Å². The van der Waals surface area contributed by atoms with Crippen molar-refractivity contribution in [1.29, 1.82) is 0 Å². The number of thiol groups is 1. The summed E-state index contributed by atoms with van der Waals surface area (Å²) in [6.07, 6.45) is 2.74. The van der Waals surface area contributed by atoms with Crippen LogP contribution in [-0.2, 0) is 0 Å². The number of rotatable bonds is 2. The van der Waals surface area contributed by atoms with Gasteiger partial charge in [-0.3, -0.25) is 4.90 Å². The van der Waals surface area contributed by atoms with E-state index in [2.05, 4.69) is 31.4 Å². The average Bonchev–Trinajstić information content (AvgIpc) is 1.95. The van der Waals surface area contributed by atoms with E-state index in [4.69, 9.17) is 0 Å². The first-order chi connectivity index (χ1) is 5.24. The second-order valence-corrected chi connectivity index (χ2v) is 4.19. The van der Waals surface area contributed by atoms with Crippen LogP contribution in [0.15, 0.2) is 0 Å². The minimum absolute atomic E-state index is 0.783. The van der Waals surface area contributed by atoms with Gasteiger partial charge in [-0.2, -0.15) is 12.6 Å². The third-order valence-electron chi connectivity index (χ3n) is 2.66. The molecule has 0 aromatic heterocycles. The monoisotopic (exact) mass is 173 g/mol. The van der Waals surface area contributed by atoms with Crippen molar-refractivity contribution in [3.63, 3.8) is 0 Å². The molecule has 1 fully saturated rings. The maximum absolute atomic E-state index is 4.25. The van der Waals surface area contributed by atoms with E-state index in [0.717, 1.165) is 24.3 Å². The van der Waals surface area contributed by atoms with Crippen LogP contribution in [0.2, 0.25) is 0 Å². The molecule has 0 saturated carbocycles. The van der Waals surface area contributed by atoms with Crippen molar-refractivity contribution in [3.8, 4) is 0 Å². The van der Waals surface area contributed by atoms with Gasteiger partial charge in [0.2, 0.25) is 0 Å². The molecule has 1 saturated heterocycles.